The lowest BCUT2D eigenvalue weighted by molar-refractivity contribution is 0.0946. The normalized spacial score (nSPS) is 12.2. The van der Waals surface area contributed by atoms with Gasteiger partial charge < -0.3 is 10.4 Å². The zero-order valence-corrected chi connectivity index (χ0v) is 12.5. The molecule has 106 valence electrons. The molecular formula is C16H19NO2S. The van der Waals surface area contributed by atoms with E-state index in [4.69, 9.17) is 0 Å². The fourth-order valence-corrected chi connectivity index (χ4v) is 2.89. The third kappa shape index (κ3) is 3.68. The van der Waals surface area contributed by atoms with Crippen LogP contribution in [0.5, 0.6) is 0 Å². The summed E-state index contributed by atoms with van der Waals surface area (Å²) in [4.78, 5) is 13.8. The highest BCUT2D eigenvalue weighted by Gasteiger charge is 2.11. The van der Waals surface area contributed by atoms with Gasteiger partial charge in [-0.1, -0.05) is 30.3 Å². The molecular weight excluding hydrogens is 270 g/mol. The number of carbonyl (C=O) groups is 1. The van der Waals surface area contributed by atoms with Gasteiger partial charge in [-0.3, -0.25) is 4.79 Å². The molecule has 0 fully saturated rings. The van der Waals surface area contributed by atoms with E-state index in [1.165, 1.54) is 16.2 Å². The minimum absolute atomic E-state index is 0.0635. The summed E-state index contributed by atoms with van der Waals surface area (Å²) in [6.45, 7) is 4.47. The number of hydrogen-bond acceptors (Lipinski definition) is 3. The Morgan fingerprint density at radius 1 is 1.30 bits per heavy atom. The number of nitrogens with one attached hydrogen (secondary N) is 1. The monoisotopic (exact) mass is 289 g/mol. The number of aliphatic hydroxyl groups is 1. The number of amides is 1. The standard InChI is InChI=1S/C16H19NO2S/c1-11-10-15(20-12(11)2)16(19)17-9-8-14(18)13-6-4-3-5-7-13/h3-7,10,14,18H,8-9H2,1-2H3,(H,17,19). The SMILES string of the molecule is Cc1cc(C(=O)NCCC(O)c2ccccc2)sc1C. The van der Waals surface area contributed by atoms with E-state index in [-0.39, 0.29) is 5.91 Å². The lowest BCUT2D eigenvalue weighted by Gasteiger charge is -2.11. The molecule has 0 spiro atoms. The predicted molar refractivity (Wildman–Crippen MR) is 82.1 cm³/mol. The van der Waals surface area contributed by atoms with Crippen molar-refractivity contribution in [2.45, 2.75) is 26.4 Å². The van der Waals surface area contributed by atoms with Crippen molar-refractivity contribution < 1.29 is 9.90 Å². The number of rotatable bonds is 5. The van der Waals surface area contributed by atoms with E-state index in [9.17, 15) is 9.90 Å². The number of thiophene rings is 1. The van der Waals surface area contributed by atoms with Crippen molar-refractivity contribution in [2.24, 2.45) is 0 Å². The fraction of sp³-hybridized carbons (Fsp3) is 0.312. The maximum atomic E-state index is 11.9. The van der Waals surface area contributed by atoms with Gasteiger partial charge >= 0.3 is 0 Å². The molecule has 1 aromatic heterocycles. The Morgan fingerprint density at radius 3 is 2.60 bits per heavy atom. The Hall–Kier alpha value is -1.65. The molecule has 2 rings (SSSR count). The second-order valence-electron chi connectivity index (χ2n) is 4.82. The van der Waals surface area contributed by atoms with Crippen LogP contribution in [0.4, 0.5) is 0 Å². The van der Waals surface area contributed by atoms with Crippen molar-refractivity contribution in [1.29, 1.82) is 0 Å². The first-order chi connectivity index (χ1) is 9.58. The minimum atomic E-state index is -0.539. The zero-order chi connectivity index (χ0) is 14.5. The highest BCUT2D eigenvalue weighted by atomic mass is 32.1. The maximum absolute atomic E-state index is 11.9. The van der Waals surface area contributed by atoms with Crippen LogP contribution in [0.1, 0.15) is 38.2 Å². The van der Waals surface area contributed by atoms with Crippen LogP contribution in [-0.4, -0.2) is 17.6 Å². The molecule has 1 atom stereocenters. The summed E-state index contributed by atoms with van der Waals surface area (Å²) in [6.07, 6.45) is -0.0256. The van der Waals surface area contributed by atoms with Gasteiger partial charge in [-0.25, -0.2) is 0 Å². The van der Waals surface area contributed by atoms with E-state index in [1.807, 2.05) is 50.2 Å². The highest BCUT2D eigenvalue weighted by molar-refractivity contribution is 7.14. The van der Waals surface area contributed by atoms with Crippen LogP contribution < -0.4 is 5.32 Å². The van der Waals surface area contributed by atoms with Gasteiger partial charge in [0, 0.05) is 11.4 Å². The quantitative estimate of drug-likeness (QED) is 0.888. The lowest BCUT2D eigenvalue weighted by atomic mass is 10.1. The van der Waals surface area contributed by atoms with Gasteiger partial charge in [0.25, 0.3) is 5.91 Å². The Bertz CT molecular complexity index is 558. The molecule has 1 heterocycles. The summed E-state index contributed by atoms with van der Waals surface area (Å²) < 4.78 is 0. The largest absolute Gasteiger partial charge is 0.388 e. The molecule has 1 aromatic carbocycles. The number of carbonyl (C=O) groups excluding carboxylic acids is 1. The molecule has 0 aliphatic heterocycles. The Labute approximate surface area is 123 Å². The van der Waals surface area contributed by atoms with Crippen LogP contribution in [0, 0.1) is 13.8 Å². The minimum Gasteiger partial charge on any atom is -0.388 e. The molecule has 0 saturated heterocycles. The molecule has 0 saturated carbocycles. The molecule has 2 N–H and O–H groups in total. The zero-order valence-electron chi connectivity index (χ0n) is 11.7. The molecule has 3 nitrogen and oxygen atoms in total. The van der Waals surface area contributed by atoms with Crippen LogP contribution in [0.25, 0.3) is 0 Å². The number of benzene rings is 1. The Balaban J connectivity index is 1.82. The van der Waals surface area contributed by atoms with Gasteiger partial charge in [-0.15, -0.1) is 11.3 Å². The summed E-state index contributed by atoms with van der Waals surface area (Å²) in [5.41, 5.74) is 2.02. The molecule has 0 aliphatic rings. The molecule has 2 aromatic rings. The summed E-state index contributed by atoms with van der Waals surface area (Å²) >= 11 is 1.50. The van der Waals surface area contributed by atoms with Gasteiger partial charge in [0.15, 0.2) is 0 Å². The van der Waals surface area contributed by atoms with Gasteiger partial charge in [0.1, 0.15) is 0 Å². The van der Waals surface area contributed by atoms with E-state index < -0.39 is 6.10 Å². The van der Waals surface area contributed by atoms with Gasteiger partial charge in [-0.05, 0) is 37.5 Å². The van der Waals surface area contributed by atoms with Gasteiger partial charge in [0.05, 0.1) is 11.0 Å². The van der Waals surface area contributed by atoms with Crippen molar-refractivity contribution >= 4 is 17.2 Å². The first-order valence-electron chi connectivity index (χ1n) is 6.66. The summed E-state index contributed by atoms with van der Waals surface area (Å²) in [6, 6.07) is 11.4. The smallest absolute Gasteiger partial charge is 0.261 e. The Kier molecular flexibility index (Phi) is 4.93. The van der Waals surface area contributed by atoms with Gasteiger partial charge in [0.2, 0.25) is 0 Å². The molecule has 1 amide bonds. The third-order valence-corrected chi connectivity index (χ3v) is 4.43. The van der Waals surface area contributed by atoms with E-state index in [0.29, 0.717) is 13.0 Å². The van der Waals surface area contributed by atoms with Crippen molar-refractivity contribution in [3.63, 3.8) is 0 Å². The number of aliphatic hydroxyl groups excluding tert-OH is 1. The van der Waals surface area contributed by atoms with Crippen molar-refractivity contribution in [2.75, 3.05) is 6.54 Å². The summed E-state index contributed by atoms with van der Waals surface area (Å²) in [5, 5.41) is 12.9. The second kappa shape index (κ2) is 6.68. The van der Waals surface area contributed by atoms with Crippen LogP contribution in [0.3, 0.4) is 0 Å². The van der Waals surface area contributed by atoms with Crippen LogP contribution in [0.2, 0.25) is 0 Å². The fourth-order valence-electron chi connectivity index (χ4n) is 1.94. The topological polar surface area (TPSA) is 49.3 Å². The molecule has 0 radical (unpaired) electrons. The predicted octanol–water partition coefficient (Wildman–Crippen LogP) is 3.22. The first kappa shape index (κ1) is 14.8. The van der Waals surface area contributed by atoms with E-state index >= 15 is 0 Å². The molecule has 0 aliphatic carbocycles. The van der Waals surface area contributed by atoms with Crippen molar-refractivity contribution in [1.82, 2.24) is 5.32 Å². The number of aryl methyl sites for hydroxylation is 2. The molecule has 20 heavy (non-hydrogen) atoms. The summed E-state index contributed by atoms with van der Waals surface area (Å²) in [5.74, 6) is -0.0635. The highest BCUT2D eigenvalue weighted by Crippen LogP contribution is 2.20. The van der Waals surface area contributed by atoms with Crippen LogP contribution in [-0.2, 0) is 0 Å². The number of hydrogen-bond donors (Lipinski definition) is 2. The third-order valence-electron chi connectivity index (χ3n) is 3.28. The summed E-state index contributed by atoms with van der Waals surface area (Å²) in [7, 11) is 0. The van der Waals surface area contributed by atoms with Crippen LogP contribution in [0.15, 0.2) is 36.4 Å². The maximum Gasteiger partial charge on any atom is 0.261 e. The molecule has 4 heteroatoms. The average Bonchev–Trinajstić information content (AvgIpc) is 2.79. The Morgan fingerprint density at radius 2 is 2.00 bits per heavy atom. The van der Waals surface area contributed by atoms with E-state index in [1.54, 1.807) is 0 Å². The second-order valence-corrected chi connectivity index (χ2v) is 6.08. The van der Waals surface area contributed by atoms with Crippen LogP contribution >= 0.6 is 11.3 Å². The van der Waals surface area contributed by atoms with Gasteiger partial charge in [-0.2, -0.15) is 0 Å². The first-order valence-corrected chi connectivity index (χ1v) is 7.48. The molecule has 1 unspecified atom stereocenters. The molecule has 0 bridgehead atoms. The average molecular weight is 289 g/mol. The lowest BCUT2D eigenvalue weighted by Crippen LogP contribution is -2.24. The van der Waals surface area contributed by atoms with E-state index in [0.717, 1.165) is 16.0 Å². The van der Waals surface area contributed by atoms with Crippen molar-refractivity contribution in [3.8, 4) is 0 Å². The van der Waals surface area contributed by atoms with E-state index in [2.05, 4.69) is 5.32 Å². The van der Waals surface area contributed by atoms with Crippen molar-refractivity contribution in [3.05, 3.63) is 57.3 Å².